The van der Waals surface area contributed by atoms with E-state index < -0.39 is 0 Å². The second kappa shape index (κ2) is 8.89. The average Bonchev–Trinajstić information content (AvgIpc) is 3.43. The zero-order chi connectivity index (χ0) is 21.9. The minimum absolute atomic E-state index is 0.0536. The van der Waals surface area contributed by atoms with Gasteiger partial charge in [0.1, 0.15) is 5.69 Å². The molecule has 1 fully saturated rings. The van der Waals surface area contributed by atoms with Gasteiger partial charge in [-0.05, 0) is 24.7 Å². The van der Waals surface area contributed by atoms with Crippen molar-refractivity contribution in [1.82, 2.24) is 35.0 Å². The van der Waals surface area contributed by atoms with Crippen LogP contribution in [0.5, 0.6) is 0 Å². The molecule has 4 aromatic rings. The Morgan fingerprint density at radius 1 is 1.09 bits per heavy atom. The van der Waals surface area contributed by atoms with Crippen LogP contribution in [0.3, 0.4) is 0 Å². The van der Waals surface area contributed by atoms with Gasteiger partial charge in [-0.3, -0.25) is 14.8 Å². The zero-order valence-corrected chi connectivity index (χ0v) is 18.0. The Kier molecular flexibility index (Phi) is 5.66. The van der Waals surface area contributed by atoms with Crippen molar-refractivity contribution in [2.45, 2.75) is 6.54 Å². The predicted molar refractivity (Wildman–Crippen MR) is 123 cm³/mol. The molecule has 2 N–H and O–H groups in total. The number of piperazine rings is 1. The van der Waals surface area contributed by atoms with Crippen molar-refractivity contribution < 1.29 is 4.79 Å². The summed E-state index contributed by atoms with van der Waals surface area (Å²) in [5, 5.41) is 19.7. The number of likely N-dealkylation sites (N-methyl/N-ethyl adjacent to an activating group) is 1. The van der Waals surface area contributed by atoms with Crippen molar-refractivity contribution >= 4 is 22.6 Å². The fourth-order valence-electron chi connectivity index (χ4n) is 3.93. The summed E-state index contributed by atoms with van der Waals surface area (Å²) in [5.74, 6) is 0.486. The molecule has 2 aromatic heterocycles. The number of hydrogen-bond acceptors (Lipinski definition) is 6. The summed E-state index contributed by atoms with van der Waals surface area (Å²) in [6.07, 6.45) is 1.93. The number of carbonyl (C=O) groups is 1. The highest BCUT2D eigenvalue weighted by Gasteiger charge is 2.18. The van der Waals surface area contributed by atoms with Crippen LogP contribution in [0, 0.1) is 0 Å². The van der Waals surface area contributed by atoms with Crippen molar-refractivity contribution in [3.8, 4) is 11.3 Å². The Morgan fingerprint density at radius 3 is 2.72 bits per heavy atom. The lowest BCUT2D eigenvalue weighted by Gasteiger charge is -2.31. The lowest BCUT2D eigenvalue weighted by Crippen LogP contribution is -2.47. The van der Waals surface area contributed by atoms with Crippen LogP contribution < -0.4 is 5.32 Å². The predicted octanol–water partition coefficient (Wildman–Crippen LogP) is 2.06. The van der Waals surface area contributed by atoms with Crippen LogP contribution in [0.1, 0.15) is 5.56 Å². The molecular weight excluding hydrogens is 404 g/mol. The first-order chi connectivity index (χ1) is 15.6. The van der Waals surface area contributed by atoms with Crippen LogP contribution >= 0.6 is 0 Å². The van der Waals surface area contributed by atoms with Gasteiger partial charge in [-0.25, -0.2) is 4.68 Å². The molecule has 9 nitrogen and oxygen atoms in total. The maximum atomic E-state index is 12.6. The van der Waals surface area contributed by atoms with Crippen LogP contribution in [0.2, 0.25) is 0 Å². The topological polar surface area (TPSA) is 95.0 Å². The minimum atomic E-state index is -0.0536. The summed E-state index contributed by atoms with van der Waals surface area (Å²) in [6, 6.07) is 16.1. The molecule has 0 bridgehead atoms. The number of hydrogen-bond donors (Lipinski definition) is 2. The van der Waals surface area contributed by atoms with Gasteiger partial charge in [0.05, 0.1) is 24.8 Å². The monoisotopic (exact) mass is 430 g/mol. The summed E-state index contributed by atoms with van der Waals surface area (Å²) in [7, 11) is 2.10. The Morgan fingerprint density at radius 2 is 1.91 bits per heavy atom. The summed E-state index contributed by atoms with van der Waals surface area (Å²) < 4.78 is 1.82. The highest BCUT2D eigenvalue weighted by Crippen LogP contribution is 2.26. The van der Waals surface area contributed by atoms with E-state index in [0.717, 1.165) is 48.3 Å². The van der Waals surface area contributed by atoms with E-state index in [1.807, 2.05) is 47.3 Å². The van der Waals surface area contributed by atoms with Gasteiger partial charge < -0.3 is 10.2 Å². The maximum Gasteiger partial charge on any atom is 0.239 e. The number of carbonyl (C=O) groups excluding carboxylic acids is 1. The Bertz CT molecular complexity index is 1210. The van der Waals surface area contributed by atoms with Crippen LogP contribution in [-0.2, 0) is 11.3 Å². The molecule has 0 atom stereocenters. The number of benzene rings is 2. The molecule has 0 spiro atoms. The minimum Gasteiger partial charge on any atom is -0.308 e. The summed E-state index contributed by atoms with van der Waals surface area (Å²) in [6.45, 7) is 4.78. The third-order valence-electron chi connectivity index (χ3n) is 5.81. The highest BCUT2D eigenvalue weighted by atomic mass is 16.2. The Balaban J connectivity index is 1.30. The second-order valence-electron chi connectivity index (χ2n) is 8.25. The van der Waals surface area contributed by atoms with E-state index in [1.54, 1.807) is 0 Å². The molecule has 0 radical (unpaired) electrons. The van der Waals surface area contributed by atoms with Crippen molar-refractivity contribution in [1.29, 1.82) is 0 Å². The van der Waals surface area contributed by atoms with Gasteiger partial charge >= 0.3 is 0 Å². The molecule has 1 aliphatic rings. The van der Waals surface area contributed by atoms with E-state index >= 15 is 0 Å². The molecule has 5 rings (SSSR count). The largest absolute Gasteiger partial charge is 0.308 e. The van der Waals surface area contributed by atoms with E-state index in [9.17, 15) is 4.79 Å². The van der Waals surface area contributed by atoms with Gasteiger partial charge in [0, 0.05) is 37.1 Å². The number of aromatic nitrogens is 5. The Hall–Kier alpha value is -3.56. The number of nitrogens with zero attached hydrogens (tertiary/aromatic N) is 6. The van der Waals surface area contributed by atoms with Gasteiger partial charge in [-0.1, -0.05) is 41.6 Å². The summed E-state index contributed by atoms with van der Waals surface area (Å²) in [4.78, 5) is 17.0. The molecule has 32 heavy (non-hydrogen) atoms. The molecule has 0 unspecified atom stereocenters. The molecule has 1 aliphatic heterocycles. The van der Waals surface area contributed by atoms with Crippen molar-refractivity contribution in [2.24, 2.45) is 0 Å². The smallest absolute Gasteiger partial charge is 0.239 e. The molecule has 0 aliphatic carbocycles. The van der Waals surface area contributed by atoms with Crippen LogP contribution in [0.15, 0.2) is 54.7 Å². The quantitative estimate of drug-likeness (QED) is 0.486. The van der Waals surface area contributed by atoms with Crippen LogP contribution in [0.4, 0.5) is 5.82 Å². The van der Waals surface area contributed by atoms with Gasteiger partial charge in [-0.15, -0.1) is 5.10 Å². The van der Waals surface area contributed by atoms with E-state index in [4.69, 9.17) is 0 Å². The number of amides is 1. The van der Waals surface area contributed by atoms with Crippen LogP contribution in [0.25, 0.3) is 22.2 Å². The van der Waals surface area contributed by atoms with Crippen molar-refractivity contribution in [3.63, 3.8) is 0 Å². The SMILES string of the molecule is CN1CCN(CC(=O)Nc2n[nH]c3ccc(-c4cn(Cc5ccccc5)nn4)cc23)CC1. The van der Waals surface area contributed by atoms with Gasteiger partial charge in [0.25, 0.3) is 0 Å². The van der Waals surface area contributed by atoms with Gasteiger partial charge in [0.15, 0.2) is 5.82 Å². The normalized spacial score (nSPS) is 15.3. The molecule has 9 heteroatoms. The number of nitrogens with one attached hydrogen (secondary N) is 2. The standard InChI is InChI=1S/C23H26N8O/c1-29-9-11-30(12-10-29)16-22(32)24-23-19-13-18(7-8-20(19)25-27-23)21-15-31(28-26-21)14-17-5-3-2-4-6-17/h2-8,13,15H,9-12,14,16H2,1H3,(H2,24,25,27,32). The molecule has 1 amide bonds. The van der Waals surface area contributed by atoms with Crippen molar-refractivity contribution in [2.75, 3.05) is 45.1 Å². The molecule has 3 heterocycles. The zero-order valence-electron chi connectivity index (χ0n) is 18.0. The Labute approximate surface area is 186 Å². The van der Waals surface area contributed by atoms with E-state index in [0.29, 0.717) is 18.9 Å². The van der Waals surface area contributed by atoms with Gasteiger partial charge in [0.2, 0.25) is 5.91 Å². The van der Waals surface area contributed by atoms with E-state index in [-0.39, 0.29) is 5.91 Å². The molecule has 0 saturated carbocycles. The van der Waals surface area contributed by atoms with E-state index in [2.05, 4.69) is 54.8 Å². The number of H-pyrrole nitrogens is 1. The summed E-state index contributed by atoms with van der Waals surface area (Å²) in [5.41, 5.74) is 3.73. The average molecular weight is 431 g/mol. The first kappa shape index (κ1) is 20.3. The third-order valence-corrected chi connectivity index (χ3v) is 5.81. The number of aromatic amines is 1. The third kappa shape index (κ3) is 4.53. The van der Waals surface area contributed by atoms with Crippen LogP contribution in [-0.4, -0.2) is 80.7 Å². The number of rotatable bonds is 6. The number of fused-ring (bicyclic) bond motifs is 1. The van der Waals surface area contributed by atoms with E-state index in [1.165, 1.54) is 5.56 Å². The maximum absolute atomic E-state index is 12.6. The molecule has 2 aromatic carbocycles. The lowest BCUT2D eigenvalue weighted by molar-refractivity contribution is -0.117. The highest BCUT2D eigenvalue weighted by molar-refractivity contribution is 6.01. The number of anilines is 1. The first-order valence-electron chi connectivity index (χ1n) is 10.8. The molecular formula is C23H26N8O. The molecule has 1 saturated heterocycles. The fourth-order valence-corrected chi connectivity index (χ4v) is 3.93. The van der Waals surface area contributed by atoms with Crippen molar-refractivity contribution in [3.05, 3.63) is 60.3 Å². The lowest BCUT2D eigenvalue weighted by atomic mass is 10.1. The summed E-state index contributed by atoms with van der Waals surface area (Å²) >= 11 is 0. The molecule has 164 valence electrons. The second-order valence-corrected chi connectivity index (χ2v) is 8.25. The fraction of sp³-hybridized carbons (Fsp3) is 0.304. The van der Waals surface area contributed by atoms with Gasteiger partial charge in [-0.2, -0.15) is 5.10 Å². The first-order valence-corrected chi connectivity index (χ1v) is 10.8.